The number of quaternary nitrogens is 1. The average Bonchev–Trinajstić information content (AvgIpc) is 3.52. The molecule has 2 aromatic carbocycles. The number of anilines is 2. The molecule has 4 aliphatic heterocycles. The van der Waals surface area contributed by atoms with E-state index in [-0.39, 0.29) is 34.8 Å². The van der Waals surface area contributed by atoms with Crippen molar-refractivity contribution in [2.75, 3.05) is 16.8 Å². The molecule has 3 amide bonds. The third-order valence-corrected chi connectivity index (χ3v) is 8.40. The van der Waals surface area contributed by atoms with E-state index in [0.717, 1.165) is 46.7 Å². The molecule has 2 aromatic rings. The normalized spacial score (nSPS) is 31.1. The lowest BCUT2D eigenvalue weighted by Crippen LogP contribution is -3.19. The van der Waals surface area contributed by atoms with Crippen molar-refractivity contribution in [1.29, 1.82) is 0 Å². The van der Waals surface area contributed by atoms with Crippen molar-refractivity contribution in [1.82, 2.24) is 0 Å². The Labute approximate surface area is 195 Å². The van der Waals surface area contributed by atoms with Crippen LogP contribution in [0.3, 0.4) is 0 Å². The number of amides is 3. The Morgan fingerprint density at radius 1 is 1.21 bits per heavy atom. The van der Waals surface area contributed by atoms with Gasteiger partial charge >= 0.3 is 0 Å². The zero-order valence-electron chi connectivity index (χ0n) is 19.0. The van der Waals surface area contributed by atoms with E-state index >= 15 is 0 Å². The van der Waals surface area contributed by atoms with Crippen molar-refractivity contribution >= 4 is 34.8 Å². The number of fused-ring (bicyclic) bond motifs is 7. The van der Waals surface area contributed by atoms with Gasteiger partial charge in [0.15, 0.2) is 0 Å². The number of hydrogen-bond donors (Lipinski definition) is 2. The Morgan fingerprint density at radius 3 is 2.74 bits per heavy atom. The van der Waals surface area contributed by atoms with E-state index in [1.165, 1.54) is 12.1 Å². The van der Waals surface area contributed by atoms with Crippen molar-refractivity contribution in [3.05, 3.63) is 63.2 Å². The monoisotopic (exact) mass is 461 g/mol. The maximum absolute atomic E-state index is 14.1. The summed E-state index contributed by atoms with van der Waals surface area (Å²) in [5.74, 6) is -2.50. The molecule has 174 valence electrons. The molecule has 6 rings (SSSR count). The Balaban J connectivity index is 1.55. The first-order valence-corrected chi connectivity index (χ1v) is 11.7. The lowest BCUT2D eigenvalue weighted by Gasteiger charge is -2.33. The number of hydrogen-bond acceptors (Lipinski definition) is 5. The standard InChI is InChI=1S/C25H24N4O5/c1-3-14-9-10-16-15(12-14)25(24(32)26-16)21-20(19-8-5-11-27(19)25)22(30)28(23(21)31)17-6-4-7-18(13(17)2)29(33)34/h4,6-7,9-10,12,19-21H,3,5,8,11H2,1-2H3,(H,26,32)/p+1/t19-,20+,21-,25-/m0/s1. The molecule has 3 saturated heterocycles. The molecule has 2 N–H and O–H groups in total. The van der Waals surface area contributed by atoms with Crippen LogP contribution >= 0.6 is 0 Å². The van der Waals surface area contributed by atoms with Gasteiger partial charge in [0, 0.05) is 24.5 Å². The molecule has 3 fully saturated rings. The summed E-state index contributed by atoms with van der Waals surface area (Å²) < 4.78 is 0. The van der Waals surface area contributed by atoms with Crippen LogP contribution in [0.15, 0.2) is 36.4 Å². The number of nitrogens with one attached hydrogen (secondary N) is 2. The van der Waals surface area contributed by atoms with E-state index in [4.69, 9.17) is 0 Å². The highest BCUT2D eigenvalue weighted by molar-refractivity contribution is 6.25. The molecule has 5 atom stereocenters. The minimum absolute atomic E-state index is 0.144. The lowest BCUT2D eigenvalue weighted by molar-refractivity contribution is -0.948. The number of imide groups is 1. The quantitative estimate of drug-likeness (QED) is 0.408. The zero-order valence-corrected chi connectivity index (χ0v) is 19.0. The van der Waals surface area contributed by atoms with Gasteiger partial charge in [-0.3, -0.25) is 24.5 Å². The molecule has 4 aliphatic rings. The highest BCUT2D eigenvalue weighted by Crippen LogP contribution is 2.52. The fourth-order valence-corrected chi connectivity index (χ4v) is 7.02. The number of nitro groups is 1. The molecule has 34 heavy (non-hydrogen) atoms. The molecular weight excluding hydrogens is 436 g/mol. The number of nitro benzene ring substituents is 1. The van der Waals surface area contributed by atoms with Crippen molar-refractivity contribution in [2.45, 2.75) is 44.7 Å². The van der Waals surface area contributed by atoms with E-state index in [9.17, 15) is 24.5 Å². The summed E-state index contributed by atoms with van der Waals surface area (Å²) in [5.41, 5.74) is 1.75. The molecule has 0 aliphatic carbocycles. The summed E-state index contributed by atoms with van der Waals surface area (Å²) in [6.45, 7) is 4.31. The van der Waals surface area contributed by atoms with Gasteiger partial charge in [-0.1, -0.05) is 19.1 Å². The minimum atomic E-state index is -1.16. The van der Waals surface area contributed by atoms with Crippen LogP contribution in [0.25, 0.3) is 0 Å². The molecular formula is C25H25N4O5+. The first kappa shape index (κ1) is 21.0. The SMILES string of the molecule is CCc1ccc2c(c1)[C@@]1(C(=O)N2)[C@@H]2C(=O)N(c3cccc([N+](=O)[O-])c3C)C(=O)[C@@H]2[C@@H]2CCC[NH+]21. The topological polar surface area (TPSA) is 114 Å². The summed E-state index contributed by atoms with van der Waals surface area (Å²) in [6, 6.07) is 10.2. The van der Waals surface area contributed by atoms with Gasteiger partial charge in [-0.05, 0) is 37.1 Å². The van der Waals surface area contributed by atoms with Gasteiger partial charge in [0.25, 0.3) is 11.6 Å². The van der Waals surface area contributed by atoms with Crippen LogP contribution in [0.4, 0.5) is 17.1 Å². The molecule has 0 aromatic heterocycles. The number of carbonyl (C=O) groups is 3. The lowest BCUT2D eigenvalue weighted by atomic mass is 9.75. The number of aryl methyl sites for hydroxylation is 1. The summed E-state index contributed by atoms with van der Waals surface area (Å²) in [6.07, 6.45) is 2.42. The Morgan fingerprint density at radius 2 is 2.00 bits per heavy atom. The first-order chi connectivity index (χ1) is 16.3. The van der Waals surface area contributed by atoms with E-state index in [2.05, 4.69) is 5.32 Å². The third kappa shape index (κ3) is 2.34. The highest BCUT2D eigenvalue weighted by atomic mass is 16.6. The van der Waals surface area contributed by atoms with E-state index in [1.54, 1.807) is 13.0 Å². The molecule has 1 unspecified atom stereocenters. The third-order valence-electron chi connectivity index (χ3n) is 8.40. The van der Waals surface area contributed by atoms with E-state index < -0.39 is 28.2 Å². The van der Waals surface area contributed by atoms with Crippen LogP contribution in [0.5, 0.6) is 0 Å². The Hall–Kier alpha value is -3.59. The number of benzene rings is 2. The fraction of sp³-hybridized carbons (Fsp3) is 0.400. The Kier molecular flexibility index (Phi) is 4.29. The van der Waals surface area contributed by atoms with Gasteiger partial charge in [-0.2, -0.15) is 0 Å². The van der Waals surface area contributed by atoms with Crippen molar-refractivity contribution < 1.29 is 24.2 Å². The van der Waals surface area contributed by atoms with Gasteiger partial charge in [0.1, 0.15) is 17.9 Å². The van der Waals surface area contributed by atoms with Gasteiger partial charge in [0.05, 0.1) is 28.4 Å². The molecule has 0 saturated carbocycles. The molecule has 1 spiro atoms. The predicted octanol–water partition coefficient (Wildman–Crippen LogP) is 1.48. The maximum atomic E-state index is 14.1. The van der Waals surface area contributed by atoms with E-state index in [1.807, 2.05) is 25.1 Å². The van der Waals surface area contributed by atoms with Crippen molar-refractivity contribution in [3.63, 3.8) is 0 Å². The van der Waals surface area contributed by atoms with Crippen LogP contribution in [0.1, 0.15) is 36.5 Å². The number of nitrogens with zero attached hydrogens (tertiary/aromatic N) is 2. The van der Waals surface area contributed by atoms with Gasteiger partial charge < -0.3 is 10.2 Å². The molecule has 0 bridgehead atoms. The van der Waals surface area contributed by atoms with Crippen LogP contribution in [0.2, 0.25) is 0 Å². The summed E-state index contributed by atoms with van der Waals surface area (Å²) >= 11 is 0. The molecule has 9 heteroatoms. The zero-order chi connectivity index (χ0) is 23.9. The van der Waals surface area contributed by atoms with Crippen molar-refractivity contribution in [2.24, 2.45) is 11.8 Å². The van der Waals surface area contributed by atoms with E-state index in [0.29, 0.717) is 5.69 Å². The second kappa shape index (κ2) is 6.96. The van der Waals surface area contributed by atoms with Crippen LogP contribution in [-0.2, 0) is 26.3 Å². The smallest absolute Gasteiger partial charge is 0.291 e. The highest BCUT2D eigenvalue weighted by Gasteiger charge is 2.78. The summed E-state index contributed by atoms with van der Waals surface area (Å²) in [4.78, 5) is 54.8. The van der Waals surface area contributed by atoms with Crippen LogP contribution < -0.4 is 15.1 Å². The van der Waals surface area contributed by atoms with Gasteiger partial charge in [-0.25, -0.2) is 4.90 Å². The number of carbonyl (C=O) groups excluding carboxylic acids is 3. The number of rotatable bonds is 3. The largest absolute Gasteiger partial charge is 0.320 e. The van der Waals surface area contributed by atoms with Crippen LogP contribution in [-0.4, -0.2) is 35.2 Å². The first-order valence-electron chi connectivity index (χ1n) is 11.7. The molecule has 9 nitrogen and oxygen atoms in total. The average molecular weight is 461 g/mol. The summed E-state index contributed by atoms with van der Waals surface area (Å²) in [7, 11) is 0. The van der Waals surface area contributed by atoms with Gasteiger partial charge in [0.2, 0.25) is 17.4 Å². The minimum Gasteiger partial charge on any atom is -0.320 e. The Bertz CT molecular complexity index is 1310. The second-order valence-electron chi connectivity index (χ2n) is 9.71. The molecule has 0 radical (unpaired) electrons. The molecule has 4 heterocycles. The van der Waals surface area contributed by atoms with Gasteiger partial charge in [-0.15, -0.1) is 0 Å². The second-order valence-corrected chi connectivity index (χ2v) is 9.71. The van der Waals surface area contributed by atoms with Crippen molar-refractivity contribution in [3.8, 4) is 0 Å². The maximum Gasteiger partial charge on any atom is 0.291 e. The van der Waals surface area contributed by atoms with Crippen LogP contribution in [0, 0.1) is 28.9 Å². The fourth-order valence-electron chi connectivity index (χ4n) is 7.02. The predicted molar refractivity (Wildman–Crippen MR) is 122 cm³/mol. The summed E-state index contributed by atoms with van der Waals surface area (Å²) in [5, 5.41) is 14.5.